The number of anilines is 1. The van der Waals surface area contributed by atoms with Gasteiger partial charge < -0.3 is 11.5 Å². The van der Waals surface area contributed by atoms with E-state index in [1.54, 1.807) is 24.3 Å². The SMILES string of the molecule is C=CC[C@H](N)c1cc(Cl)ccc1N. The highest BCUT2D eigenvalue weighted by Crippen LogP contribution is 2.24. The second-order valence-corrected chi connectivity index (χ2v) is 3.34. The highest BCUT2D eigenvalue weighted by molar-refractivity contribution is 6.30. The molecule has 0 saturated heterocycles. The number of benzene rings is 1. The van der Waals surface area contributed by atoms with Crippen molar-refractivity contribution in [3.8, 4) is 0 Å². The minimum absolute atomic E-state index is 0.115. The molecular weight excluding hydrogens is 184 g/mol. The minimum Gasteiger partial charge on any atom is -0.398 e. The van der Waals surface area contributed by atoms with Crippen LogP contribution in [0.15, 0.2) is 30.9 Å². The van der Waals surface area contributed by atoms with Crippen molar-refractivity contribution in [1.29, 1.82) is 0 Å². The van der Waals surface area contributed by atoms with Gasteiger partial charge in [0.15, 0.2) is 0 Å². The van der Waals surface area contributed by atoms with Crippen molar-refractivity contribution in [3.63, 3.8) is 0 Å². The van der Waals surface area contributed by atoms with Crippen molar-refractivity contribution in [3.05, 3.63) is 41.4 Å². The Balaban J connectivity index is 2.97. The van der Waals surface area contributed by atoms with Gasteiger partial charge in [-0.2, -0.15) is 0 Å². The zero-order valence-corrected chi connectivity index (χ0v) is 8.09. The third-order valence-electron chi connectivity index (χ3n) is 1.87. The molecule has 0 heterocycles. The van der Waals surface area contributed by atoms with Gasteiger partial charge >= 0.3 is 0 Å². The molecule has 0 spiro atoms. The Morgan fingerprint density at radius 2 is 2.23 bits per heavy atom. The number of hydrogen-bond acceptors (Lipinski definition) is 2. The molecule has 1 atom stereocenters. The van der Waals surface area contributed by atoms with Crippen LogP contribution in [0.3, 0.4) is 0 Å². The second-order valence-electron chi connectivity index (χ2n) is 2.90. The van der Waals surface area contributed by atoms with E-state index >= 15 is 0 Å². The molecule has 0 aliphatic rings. The Morgan fingerprint density at radius 1 is 1.54 bits per heavy atom. The highest BCUT2D eigenvalue weighted by Gasteiger charge is 2.07. The van der Waals surface area contributed by atoms with Crippen LogP contribution in [0.4, 0.5) is 5.69 Å². The summed E-state index contributed by atoms with van der Waals surface area (Å²) in [6.07, 6.45) is 2.47. The molecule has 0 aromatic heterocycles. The first kappa shape index (κ1) is 10.1. The summed E-state index contributed by atoms with van der Waals surface area (Å²) in [6.45, 7) is 3.62. The summed E-state index contributed by atoms with van der Waals surface area (Å²) in [7, 11) is 0. The zero-order valence-electron chi connectivity index (χ0n) is 7.33. The van der Waals surface area contributed by atoms with Gasteiger partial charge in [-0.3, -0.25) is 0 Å². The lowest BCUT2D eigenvalue weighted by atomic mass is 10.0. The number of nitrogen functional groups attached to an aromatic ring is 1. The van der Waals surface area contributed by atoms with Crippen LogP contribution in [-0.2, 0) is 0 Å². The average Bonchev–Trinajstić information content (AvgIpc) is 2.09. The van der Waals surface area contributed by atoms with Crippen LogP contribution in [0.2, 0.25) is 5.02 Å². The predicted octanol–water partition coefficient (Wildman–Crippen LogP) is 2.50. The molecule has 0 aliphatic heterocycles. The third kappa shape index (κ3) is 2.47. The molecule has 0 radical (unpaired) electrons. The van der Waals surface area contributed by atoms with E-state index in [0.717, 1.165) is 5.56 Å². The zero-order chi connectivity index (χ0) is 9.84. The van der Waals surface area contributed by atoms with E-state index in [4.69, 9.17) is 23.1 Å². The lowest BCUT2D eigenvalue weighted by molar-refractivity contribution is 0.744. The molecule has 4 N–H and O–H groups in total. The van der Waals surface area contributed by atoms with Crippen LogP contribution in [-0.4, -0.2) is 0 Å². The van der Waals surface area contributed by atoms with Gasteiger partial charge in [0.25, 0.3) is 0 Å². The molecule has 0 bridgehead atoms. The molecule has 1 aromatic carbocycles. The van der Waals surface area contributed by atoms with Crippen molar-refractivity contribution < 1.29 is 0 Å². The monoisotopic (exact) mass is 196 g/mol. The molecule has 0 saturated carbocycles. The average molecular weight is 197 g/mol. The van der Waals surface area contributed by atoms with Crippen LogP contribution in [0.25, 0.3) is 0 Å². The van der Waals surface area contributed by atoms with Crippen LogP contribution in [0.5, 0.6) is 0 Å². The summed E-state index contributed by atoms with van der Waals surface area (Å²) >= 11 is 5.82. The number of halogens is 1. The van der Waals surface area contributed by atoms with Gasteiger partial charge in [-0.1, -0.05) is 17.7 Å². The van der Waals surface area contributed by atoms with E-state index in [2.05, 4.69) is 6.58 Å². The first-order valence-electron chi connectivity index (χ1n) is 4.06. The molecule has 3 heteroatoms. The Labute approximate surface area is 83.2 Å². The van der Waals surface area contributed by atoms with Gasteiger partial charge in [-0.05, 0) is 30.2 Å². The molecule has 0 fully saturated rings. The third-order valence-corrected chi connectivity index (χ3v) is 2.10. The lowest BCUT2D eigenvalue weighted by Gasteiger charge is -2.12. The lowest BCUT2D eigenvalue weighted by Crippen LogP contribution is -2.11. The first-order chi connectivity index (χ1) is 6.15. The largest absolute Gasteiger partial charge is 0.398 e. The fourth-order valence-corrected chi connectivity index (χ4v) is 1.35. The minimum atomic E-state index is -0.115. The number of rotatable bonds is 3. The summed E-state index contributed by atoms with van der Waals surface area (Å²) in [5.74, 6) is 0. The normalized spacial score (nSPS) is 12.5. The smallest absolute Gasteiger partial charge is 0.0410 e. The molecule has 0 unspecified atom stereocenters. The fourth-order valence-electron chi connectivity index (χ4n) is 1.17. The molecule has 1 rings (SSSR count). The van der Waals surface area contributed by atoms with E-state index in [1.165, 1.54) is 0 Å². The van der Waals surface area contributed by atoms with Gasteiger partial charge in [-0.15, -0.1) is 6.58 Å². The first-order valence-corrected chi connectivity index (χ1v) is 4.44. The molecule has 70 valence electrons. The van der Waals surface area contributed by atoms with Gasteiger partial charge in [0.1, 0.15) is 0 Å². The van der Waals surface area contributed by atoms with Gasteiger partial charge in [-0.25, -0.2) is 0 Å². The molecular formula is C10H13ClN2. The maximum absolute atomic E-state index is 5.87. The van der Waals surface area contributed by atoms with Gasteiger partial charge in [0.2, 0.25) is 0 Å². The fraction of sp³-hybridized carbons (Fsp3) is 0.200. The maximum atomic E-state index is 5.87. The van der Waals surface area contributed by atoms with Crippen molar-refractivity contribution >= 4 is 17.3 Å². The van der Waals surface area contributed by atoms with E-state index in [0.29, 0.717) is 17.1 Å². The van der Waals surface area contributed by atoms with Crippen molar-refractivity contribution in [2.24, 2.45) is 5.73 Å². The number of nitrogens with two attached hydrogens (primary N) is 2. The maximum Gasteiger partial charge on any atom is 0.0410 e. The molecule has 1 aromatic rings. The van der Waals surface area contributed by atoms with Gasteiger partial charge in [0, 0.05) is 16.8 Å². The van der Waals surface area contributed by atoms with Crippen molar-refractivity contribution in [1.82, 2.24) is 0 Å². The molecule has 2 nitrogen and oxygen atoms in total. The van der Waals surface area contributed by atoms with Crippen LogP contribution in [0, 0.1) is 0 Å². The van der Waals surface area contributed by atoms with Crippen LogP contribution >= 0.6 is 11.6 Å². The van der Waals surface area contributed by atoms with Crippen LogP contribution in [0.1, 0.15) is 18.0 Å². The predicted molar refractivity (Wildman–Crippen MR) is 57.6 cm³/mol. The summed E-state index contributed by atoms with van der Waals surface area (Å²) in [4.78, 5) is 0. The summed E-state index contributed by atoms with van der Waals surface area (Å²) < 4.78 is 0. The molecule has 0 amide bonds. The van der Waals surface area contributed by atoms with Gasteiger partial charge in [0.05, 0.1) is 0 Å². The van der Waals surface area contributed by atoms with E-state index in [9.17, 15) is 0 Å². The Morgan fingerprint density at radius 3 is 2.85 bits per heavy atom. The van der Waals surface area contributed by atoms with E-state index in [1.807, 2.05) is 0 Å². The standard InChI is InChI=1S/C10H13ClN2/c1-2-3-9(12)8-6-7(11)4-5-10(8)13/h2,4-6,9H,1,3,12-13H2/t9-/m0/s1. The topological polar surface area (TPSA) is 52.0 Å². The Kier molecular flexibility index (Phi) is 3.34. The molecule has 0 aliphatic carbocycles. The van der Waals surface area contributed by atoms with Crippen molar-refractivity contribution in [2.45, 2.75) is 12.5 Å². The Hall–Kier alpha value is -0.990. The quantitative estimate of drug-likeness (QED) is 0.577. The Bertz CT molecular complexity index is 310. The summed E-state index contributed by atoms with van der Waals surface area (Å²) in [5, 5.41) is 0.656. The second kappa shape index (κ2) is 4.30. The summed E-state index contributed by atoms with van der Waals surface area (Å²) in [5.41, 5.74) is 13.2. The number of hydrogen-bond donors (Lipinski definition) is 2. The highest BCUT2D eigenvalue weighted by atomic mass is 35.5. The van der Waals surface area contributed by atoms with Crippen molar-refractivity contribution in [2.75, 3.05) is 5.73 Å². The van der Waals surface area contributed by atoms with E-state index < -0.39 is 0 Å². The van der Waals surface area contributed by atoms with E-state index in [-0.39, 0.29) is 6.04 Å². The molecule has 13 heavy (non-hydrogen) atoms. The van der Waals surface area contributed by atoms with Crippen LogP contribution < -0.4 is 11.5 Å². The summed E-state index contributed by atoms with van der Waals surface area (Å²) in [6, 6.07) is 5.20.